The van der Waals surface area contributed by atoms with Crippen molar-refractivity contribution in [2.24, 2.45) is 0 Å². The largest absolute Gasteiger partial charge is 0.496 e. The fourth-order valence-electron chi connectivity index (χ4n) is 2.36. The molecular weight excluding hydrogens is 390 g/mol. The van der Waals surface area contributed by atoms with E-state index in [4.69, 9.17) is 4.74 Å². The lowest BCUT2D eigenvalue weighted by Crippen LogP contribution is -2.27. The number of carbonyl (C=O) groups is 2. The maximum absolute atomic E-state index is 12.6. The van der Waals surface area contributed by atoms with E-state index in [0.717, 1.165) is 27.4 Å². The smallest absolute Gasteiger partial charge is 0.293 e. The molecule has 1 heterocycles. The lowest BCUT2D eigenvalue weighted by molar-refractivity contribution is -0.123. The molecule has 2 aromatic rings. The molecule has 2 aromatic carbocycles. The molecule has 0 radical (unpaired) electrons. The summed E-state index contributed by atoms with van der Waals surface area (Å²) in [4.78, 5) is 26.5. The van der Waals surface area contributed by atoms with Crippen LogP contribution in [0.15, 0.2) is 57.9 Å². The number of rotatable bonds is 4. The minimum absolute atomic E-state index is 0.245. The molecule has 0 N–H and O–H groups in total. The van der Waals surface area contributed by atoms with Crippen molar-refractivity contribution in [1.29, 1.82) is 0 Å². The molecule has 3 rings (SSSR count). The van der Waals surface area contributed by atoms with E-state index in [2.05, 4.69) is 15.9 Å². The molecule has 4 nitrogen and oxygen atoms in total. The number of hydrogen-bond donors (Lipinski definition) is 0. The zero-order valence-electron chi connectivity index (χ0n) is 12.9. The molecule has 24 heavy (non-hydrogen) atoms. The first kappa shape index (κ1) is 16.8. The average molecular weight is 404 g/mol. The number of imide groups is 1. The van der Waals surface area contributed by atoms with E-state index in [-0.39, 0.29) is 17.7 Å². The van der Waals surface area contributed by atoms with Crippen molar-refractivity contribution < 1.29 is 14.3 Å². The lowest BCUT2D eigenvalue weighted by atomic mass is 10.1. The second-order valence-corrected chi connectivity index (χ2v) is 6.95. The third-order valence-electron chi connectivity index (χ3n) is 3.59. The van der Waals surface area contributed by atoms with Gasteiger partial charge in [0.05, 0.1) is 18.6 Å². The van der Waals surface area contributed by atoms with E-state index in [0.29, 0.717) is 10.7 Å². The monoisotopic (exact) mass is 403 g/mol. The zero-order chi connectivity index (χ0) is 17.1. The van der Waals surface area contributed by atoms with Crippen LogP contribution in [0, 0.1) is 0 Å². The van der Waals surface area contributed by atoms with Crippen LogP contribution in [0.1, 0.15) is 11.1 Å². The lowest BCUT2D eigenvalue weighted by Gasteiger charge is -2.13. The summed E-state index contributed by atoms with van der Waals surface area (Å²) in [7, 11) is 1.57. The van der Waals surface area contributed by atoms with Gasteiger partial charge >= 0.3 is 0 Å². The van der Waals surface area contributed by atoms with E-state index >= 15 is 0 Å². The quantitative estimate of drug-likeness (QED) is 0.694. The zero-order valence-corrected chi connectivity index (χ0v) is 15.3. The number of ether oxygens (including phenoxy) is 1. The van der Waals surface area contributed by atoms with Crippen LogP contribution < -0.4 is 4.74 Å². The van der Waals surface area contributed by atoms with Crippen molar-refractivity contribution in [1.82, 2.24) is 4.90 Å². The maximum atomic E-state index is 12.6. The Morgan fingerprint density at radius 3 is 2.58 bits per heavy atom. The summed E-state index contributed by atoms with van der Waals surface area (Å²) in [6.45, 7) is 0.245. The number of thioether (sulfide) groups is 1. The van der Waals surface area contributed by atoms with Gasteiger partial charge in [0, 0.05) is 10.0 Å². The predicted octanol–water partition coefficient (Wildman–Crippen LogP) is 4.69. The number of amides is 2. The molecule has 6 heteroatoms. The van der Waals surface area contributed by atoms with Crippen LogP contribution in [0.25, 0.3) is 6.08 Å². The minimum Gasteiger partial charge on any atom is -0.496 e. The Labute approximate surface area is 152 Å². The molecule has 0 atom stereocenters. The summed E-state index contributed by atoms with van der Waals surface area (Å²) in [5.74, 6) is 0.377. The number of para-hydroxylation sites is 1. The van der Waals surface area contributed by atoms with E-state index in [1.807, 2.05) is 48.5 Å². The van der Waals surface area contributed by atoms with Crippen molar-refractivity contribution in [2.75, 3.05) is 7.11 Å². The summed E-state index contributed by atoms with van der Waals surface area (Å²) in [5.41, 5.74) is 1.66. The van der Waals surface area contributed by atoms with Gasteiger partial charge in [-0.3, -0.25) is 14.5 Å². The normalized spacial score (nSPS) is 16.1. The van der Waals surface area contributed by atoms with Gasteiger partial charge in [0.1, 0.15) is 5.75 Å². The molecule has 122 valence electrons. The van der Waals surface area contributed by atoms with Crippen LogP contribution in [0.2, 0.25) is 0 Å². The number of carbonyl (C=O) groups excluding carboxylic acids is 2. The number of methoxy groups -OCH3 is 1. The van der Waals surface area contributed by atoms with Gasteiger partial charge in [-0.1, -0.05) is 52.3 Å². The molecule has 2 amide bonds. The summed E-state index contributed by atoms with van der Waals surface area (Å²) >= 11 is 4.39. The molecule has 0 saturated carbocycles. The fraction of sp³-hybridized carbons (Fsp3) is 0.111. The van der Waals surface area contributed by atoms with E-state index in [1.54, 1.807) is 13.2 Å². The number of benzene rings is 2. The highest BCUT2D eigenvalue weighted by molar-refractivity contribution is 9.10. The summed E-state index contributed by atoms with van der Waals surface area (Å²) in [6, 6.07) is 14.9. The predicted molar refractivity (Wildman–Crippen MR) is 98.7 cm³/mol. The van der Waals surface area contributed by atoms with Crippen molar-refractivity contribution >= 4 is 44.9 Å². The molecule has 0 aliphatic carbocycles. The topological polar surface area (TPSA) is 46.6 Å². The first-order valence-electron chi connectivity index (χ1n) is 7.22. The van der Waals surface area contributed by atoms with Gasteiger partial charge in [0.15, 0.2) is 0 Å². The Bertz CT molecular complexity index is 835. The Morgan fingerprint density at radius 1 is 1.12 bits per heavy atom. The first-order chi connectivity index (χ1) is 11.6. The molecule has 1 saturated heterocycles. The molecule has 0 bridgehead atoms. The van der Waals surface area contributed by atoms with E-state index < -0.39 is 0 Å². The van der Waals surface area contributed by atoms with Gasteiger partial charge in [-0.05, 0) is 35.5 Å². The second kappa shape index (κ2) is 7.23. The van der Waals surface area contributed by atoms with Crippen molar-refractivity contribution in [3.8, 4) is 5.75 Å². The highest BCUT2D eigenvalue weighted by Crippen LogP contribution is 2.35. The van der Waals surface area contributed by atoms with Crippen LogP contribution in [-0.4, -0.2) is 23.2 Å². The minimum atomic E-state index is -0.286. The van der Waals surface area contributed by atoms with Crippen LogP contribution in [0.5, 0.6) is 5.75 Å². The fourth-order valence-corrected chi connectivity index (χ4v) is 3.60. The van der Waals surface area contributed by atoms with Crippen molar-refractivity contribution in [3.05, 3.63) is 69.0 Å². The van der Waals surface area contributed by atoms with Gasteiger partial charge in [-0.15, -0.1) is 0 Å². The molecule has 1 aliphatic heterocycles. The number of hydrogen-bond acceptors (Lipinski definition) is 4. The second-order valence-electron chi connectivity index (χ2n) is 5.10. The number of halogens is 1. The third kappa shape index (κ3) is 3.39. The standard InChI is InChI=1S/C18H14BrNO3S/c1-23-15-9-5-3-6-12(15)10-16-17(21)20(18(22)24-16)11-13-7-2-4-8-14(13)19/h2-10H,11H2,1H3/b16-10-. The third-order valence-corrected chi connectivity index (χ3v) is 5.27. The first-order valence-corrected chi connectivity index (χ1v) is 8.83. The van der Waals surface area contributed by atoms with Gasteiger partial charge in [0.25, 0.3) is 11.1 Å². The van der Waals surface area contributed by atoms with Gasteiger partial charge < -0.3 is 4.74 Å². The highest BCUT2D eigenvalue weighted by atomic mass is 79.9. The SMILES string of the molecule is COc1ccccc1/C=C1\SC(=O)N(Cc2ccccc2Br)C1=O. The molecule has 1 aliphatic rings. The van der Waals surface area contributed by atoms with Crippen molar-refractivity contribution in [2.45, 2.75) is 6.54 Å². The molecule has 0 unspecified atom stereocenters. The molecule has 1 fully saturated rings. The maximum Gasteiger partial charge on any atom is 0.293 e. The average Bonchev–Trinajstić information content (AvgIpc) is 2.85. The Hall–Kier alpha value is -2.05. The Balaban J connectivity index is 1.86. The molecular formula is C18H14BrNO3S. The Morgan fingerprint density at radius 2 is 1.83 bits per heavy atom. The summed E-state index contributed by atoms with van der Waals surface area (Å²) in [6.07, 6.45) is 1.70. The van der Waals surface area contributed by atoms with Crippen LogP contribution in [-0.2, 0) is 11.3 Å². The van der Waals surface area contributed by atoms with Crippen LogP contribution in [0.3, 0.4) is 0 Å². The Kier molecular flexibility index (Phi) is 5.06. The summed E-state index contributed by atoms with van der Waals surface area (Å²) in [5, 5.41) is -0.267. The number of nitrogens with zero attached hydrogens (tertiary/aromatic N) is 1. The van der Waals surface area contributed by atoms with Crippen LogP contribution in [0.4, 0.5) is 4.79 Å². The van der Waals surface area contributed by atoms with E-state index in [9.17, 15) is 9.59 Å². The van der Waals surface area contributed by atoms with E-state index in [1.165, 1.54) is 4.90 Å². The van der Waals surface area contributed by atoms with Gasteiger partial charge in [-0.25, -0.2) is 0 Å². The van der Waals surface area contributed by atoms with Crippen LogP contribution >= 0.6 is 27.7 Å². The van der Waals surface area contributed by atoms with Gasteiger partial charge in [-0.2, -0.15) is 0 Å². The molecule has 0 aromatic heterocycles. The van der Waals surface area contributed by atoms with Crippen molar-refractivity contribution in [3.63, 3.8) is 0 Å². The highest BCUT2D eigenvalue weighted by Gasteiger charge is 2.35. The molecule has 0 spiro atoms. The summed E-state index contributed by atoms with van der Waals surface area (Å²) < 4.78 is 6.16. The van der Waals surface area contributed by atoms with Gasteiger partial charge in [0.2, 0.25) is 0 Å².